The van der Waals surface area contributed by atoms with Crippen molar-refractivity contribution in [2.45, 2.75) is 73.4 Å². The van der Waals surface area contributed by atoms with Crippen LogP contribution in [0.2, 0.25) is 0 Å². The summed E-state index contributed by atoms with van der Waals surface area (Å²) in [6.45, 7) is 13.5. The molecule has 2 atom stereocenters. The minimum atomic E-state index is -0.680. The molecule has 3 aromatic rings. The van der Waals surface area contributed by atoms with E-state index in [-0.39, 0.29) is 29.6 Å². The van der Waals surface area contributed by atoms with Crippen molar-refractivity contribution < 1.29 is 9.59 Å². The Balaban J connectivity index is 2.00. The number of hydrogen-bond donors (Lipinski definition) is 1. The molecule has 1 amide bonds. The van der Waals surface area contributed by atoms with Crippen LogP contribution in [0.15, 0.2) is 53.7 Å². The second-order valence-corrected chi connectivity index (χ2v) is 10.3. The molecule has 36 heavy (non-hydrogen) atoms. The molecule has 0 bridgehead atoms. The standard InChI is InChI=1S/C30H37N3O3/c1-18(2)11-27(33-17-22(6)21(5)12-28(33)35)30(36)32-26(13-23(7)34)24-14-25(16-31-15-24)29-19(3)9-8-10-20(29)4/h8-10,12,14-18,26-27H,11,13H2,1-7H3,(H,32,36)/t26-,27-/m1/s1. The third-order valence-electron chi connectivity index (χ3n) is 6.62. The van der Waals surface area contributed by atoms with Crippen LogP contribution < -0.4 is 10.9 Å². The molecule has 0 unspecified atom stereocenters. The van der Waals surface area contributed by atoms with Crippen LogP contribution >= 0.6 is 0 Å². The maximum absolute atomic E-state index is 13.7. The van der Waals surface area contributed by atoms with Gasteiger partial charge in [0.25, 0.3) is 5.56 Å². The zero-order valence-corrected chi connectivity index (χ0v) is 22.4. The zero-order valence-electron chi connectivity index (χ0n) is 22.4. The van der Waals surface area contributed by atoms with Gasteiger partial charge in [-0.3, -0.25) is 19.4 Å². The van der Waals surface area contributed by atoms with E-state index in [9.17, 15) is 14.4 Å². The number of hydrogen-bond acceptors (Lipinski definition) is 4. The van der Waals surface area contributed by atoms with Gasteiger partial charge in [-0.05, 0) is 86.4 Å². The van der Waals surface area contributed by atoms with Gasteiger partial charge in [0.05, 0.1) is 6.04 Å². The van der Waals surface area contributed by atoms with Gasteiger partial charge in [0, 0.05) is 36.6 Å². The summed E-state index contributed by atoms with van der Waals surface area (Å²) in [5, 5.41) is 3.08. The number of nitrogens with zero attached hydrogens (tertiary/aromatic N) is 2. The highest BCUT2D eigenvalue weighted by Crippen LogP contribution is 2.30. The lowest BCUT2D eigenvalue weighted by atomic mass is 9.94. The topological polar surface area (TPSA) is 81.1 Å². The first kappa shape index (κ1) is 27.1. The molecular weight excluding hydrogens is 450 g/mol. The van der Waals surface area contributed by atoms with E-state index in [4.69, 9.17) is 0 Å². The molecule has 0 aliphatic carbocycles. The molecule has 0 saturated heterocycles. The number of pyridine rings is 2. The molecular formula is C30H37N3O3. The van der Waals surface area contributed by atoms with Crippen LogP contribution in [-0.4, -0.2) is 21.2 Å². The molecule has 1 N–H and O–H groups in total. The van der Waals surface area contributed by atoms with E-state index in [0.29, 0.717) is 6.42 Å². The van der Waals surface area contributed by atoms with E-state index in [1.807, 2.05) is 46.0 Å². The summed E-state index contributed by atoms with van der Waals surface area (Å²) < 4.78 is 1.52. The first-order valence-electron chi connectivity index (χ1n) is 12.5. The average Bonchev–Trinajstić information content (AvgIpc) is 2.79. The highest BCUT2D eigenvalue weighted by molar-refractivity contribution is 5.83. The summed E-state index contributed by atoms with van der Waals surface area (Å²) in [5.41, 5.74) is 6.69. The molecule has 1 aromatic carbocycles. The fourth-order valence-corrected chi connectivity index (χ4v) is 4.65. The van der Waals surface area contributed by atoms with Gasteiger partial charge in [-0.15, -0.1) is 0 Å². The minimum absolute atomic E-state index is 0.0402. The van der Waals surface area contributed by atoms with E-state index in [1.54, 1.807) is 18.5 Å². The van der Waals surface area contributed by atoms with Crippen LogP contribution in [0.1, 0.15) is 73.5 Å². The van der Waals surface area contributed by atoms with Crippen molar-refractivity contribution in [2.75, 3.05) is 0 Å². The first-order chi connectivity index (χ1) is 17.0. The number of aromatic nitrogens is 2. The van der Waals surface area contributed by atoms with Crippen LogP contribution in [0.5, 0.6) is 0 Å². The smallest absolute Gasteiger partial charge is 0.251 e. The maximum Gasteiger partial charge on any atom is 0.251 e. The molecule has 2 aromatic heterocycles. The fourth-order valence-electron chi connectivity index (χ4n) is 4.65. The predicted molar refractivity (Wildman–Crippen MR) is 144 cm³/mol. The predicted octanol–water partition coefficient (Wildman–Crippen LogP) is 5.57. The number of nitrogens with one attached hydrogen (secondary N) is 1. The molecule has 0 aliphatic heterocycles. The highest BCUT2D eigenvalue weighted by Gasteiger charge is 2.27. The Hall–Kier alpha value is -3.54. The third-order valence-corrected chi connectivity index (χ3v) is 6.62. The van der Waals surface area contributed by atoms with Crippen molar-refractivity contribution in [3.63, 3.8) is 0 Å². The van der Waals surface area contributed by atoms with Gasteiger partial charge in [0.2, 0.25) is 5.91 Å². The monoisotopic (exact) mass is 487 g/mol. The summed E-state index contributed by atoms with van der Waals surface area (Å²) in [6, 6.07) is 8.47. The number of carbonyl (C=O) groups excluding carboxylic acids is 2. The molecule has 0 aliphatic rings. The van der Waals surface area contributed by atoms with E-state index in [0.717, 1.165) is 38.9 Å². The molecule has 0 saturated carbocycles. The summed E-state index contributed by atoms with van der Waals surface area (Å²) in [7, 11) is 0. The van der Waals surface area contributed by atoms with Gasteiger partial charge in [-0.2, -0.15) is 0 Å². The van der Waals surface area contributed by atoms with Gasteiger partial charge in [-0.25, -0.2) is 0 Å². The SMILES string of the molecule is CC(=O)C[C@@H](NC(=O)[C@@H](CC(C)C)n1cc(C)c(C)cc1=O)c1cncc(-c2c(C)cccc2C)c1. The van der Waals surface area contributed by atoms with Crippen LogP contribution in [0.25, 0.3) is 11.1 Å². The van der Waals surface area contributed by atoms with Gasteiger partial charge in [0.15, 0.2) is 0 Å². The van der Waals surface area contributed by atoms with Crippen molar-refractivity contribution in [3.05, 3.63) is 87.1 Å². The van der Waals surface area contributed by atoms with Crippen molar-refractivity contribution in [1.29, 1.82) is 0 Å². The first-order valence-corrected chi connectivity index (χ1v) is 12.5. The zero-order chi connectivity index (χ0) is 26.6. The maximum atomic E-state index is 13.7. The van der Waals surface area contributed by atoms with Crippen LogP contribution in [0.3, 0.4) is 0 Å². The van der Waals surface area contributed by atoms with Crippen molar-refractivity contribution >= 4 is 11.7 Å². The number of amides is 1. The summed E-state index contributed by atoms with van der Waals surface area (Å²) in [5.74, 6) is -0.131. The summed E-state index contributed by atoms with van der Waals surface area (Å²) in [4.78, 5) is 43.1. The van der Waals surface area contributed by atoms with Crippen LogP contribution in [0, 0.1) is 33.6 Å². The second kappa shape index (κ2) is 11.5. The molecule has 0 fully saturated rings. The summed E-state index contributed by atoms with van der Waals surface area (Å²) >= 11 is 0. The van der Waals surface area contributed by atoms with E-state index in [2.05, 4.69) is 36.3 Å². The number of Topliss-reactive ketones (excluding diaryl/α,β-unsaturated/α-hetero) is 1. The van der Waals surface area contributed by atoms with Crippen LogP contribution in [-0.2, 0) is 9.59 Å². The average molecular weight is 488 g/mol. The third kappa shape index (κ3) is 6.36. The molecule has 0 radical (unpaired) electrons. The fraction of sp³-hybridized carbons (Fsp3) is 0.400. The molecule has 3 rings (SSSR count). The van der Waals surface area contributed by atoms with E-state index in [1.165, 1.54) is 11.5 Å². The Morgan fingerprint density at radius 3 is 2.25 bits per heavy atom. The van der Waals surface area contributed by atoms with Gasteiger partial charge < -0.3 is 9.88 Å². The minimum Gasteiger partial charge on any atom is -0.347 e. The van der Waals surface area contributed by atoms with Crippen molar-refractivity contribution in [2.24, 2.45) is 5.92 Å². The van der Waals surface area contributed by atoms with Crippen molar-refractivity contribution in [3.8, 4) is 11.1 Å². The van der Waals surface area contributed by atoms with Crippen LogP contribution in [0.4, 0.5) is 0 Å². The lowest BCUT2D eigenvalue weighted by molar-refractivity contribution is -0.126. The largest absolute Gasteiger partial charge is 0.347 e. The molecule has 2 heterocycles. The Morgan fingerprint density at radius 1 is 0.972 bits per heavy atom. The Kier molecular flexibility index (Phi) is 8.62. The van der Waals surface area contributed by atoms with Gasteiger partial charge in [-0.1, -0.05) is 32.0 Å². The molecule has 190 valence electrons. The number of aryl methyl sites for hydroxylation is 4. The summed E-state index contributed by atoms with van der Waals surface area (Å²) in [6.07, 6.45) is 5.90. The van der Waals surface area contributed by atoms with Gasteiger partial charge >= 0.3 is 0 Å². The Labute approximate surface area is 213 Å². The Bertz CT molecular complexity index is 1300. The molecule has 0 spiro atoms. The number of rotatable bonds is 9. The Morgan fingerprint density at radius 2 is 1.64 bits per heavy atom. The number of ketones is 1. The lowest BCUT2D eigenvalue weighted by Crippen LogP contribution is -2.40. The second-order valence-electron chi connectivity index (χ2n) is 10.3. The van der Waals surface area contributed by atoms with Crippen molar-refractivity contribution in [1.82, 2.24) is 14.9 Å². The van der Waals surface area contributed by atoms with Gasteiger partial charge in [0.1, 0.15) is 11.8 Å². The van der Waals surface area contributed by atoms with E-state index >= 15 is 0 Å². The normalized spacial score (nSPS) is 12.9. The molecule has 6 nitrogen and oxygen atoms in total. The quantitative estimate of drug-likeness (QED) is 0.428. The number of benzene rings is 1. The lowest BCUT2D eigenvalue weighted by Gasteiger charge is -2.26. The van der Waals surface area contributed by atoms with E-state index < -0.39 is 12.1 Å². The molecule has 6 heteroatoms. The number of carbonyl (C=O) groups is 2. The highest BCUT2D eigenvalue weighted by atomic mass is 16.2.